The molecule has 27 heavy (non-hydrogen) atoms. The van der Waals surface area contributed by atoms with Gasteiger partial charge in [-0.25, -0.2) is 4.68 Å². The molecule has 0 aliphatic heterocycles. The number of nitrogens with one attached hydrogen (secondary N) is 2. The smallest absolute Gasteiger partial charge is 0.275 e. The molecule has 138 valence electrons. The molecule has 0 saturated heterocycles. The van der Waals surface area contributed by atoms with Crippen LogP contribution in [0.25, 0.3) is 10.8 Å². The first-order chi connectivity index (χ1) is 12.9. The summed E-state index contributed by atoms with van der Waals surface area (Å²) in [5.41, 5.74) is 1.03. The number of aromatic nitrogens is 2. The molecule has 0 aliphatic rings. The SMILES string of the molecule is CNC(=O)c1nn(CC(=O)Nc2ccc(C)c(Cl)c2)c(=O)c2ccccc12. The van der Waals surface area contributed by atoms with Gasteiger partial charge in [0.25, 0.3) is 11.5 Å². The van der Waals surface area contributed by atoms with Crippen LogP contribution in [0.15, 0.2) is 47.3 Å². The average Bonchev–Trinajstić information content (AvgIpc) is 2.66. The van der Waals surface area contributed by atoms with Gasteiger partial charge in [0.1, 0.15) is 6.54 Å². The molecule has 0 bridgehead atoms. The van der Waals surface area contributed by atoms with E-state index in [9.17, 15) is 14.4 Å². The number of amides is 2. The summed E-state index contributed by atoms with van der Waals surface area (Å²) in [4.78, 5) is 37.1. The zero-order valence-electron chi connectivity index (χ0n) is 14.7. The van der Waals surface area contributed by atoms with Crippen LogP contribution in [0.2, 0.25) is 5.02 Å². The van der Waals surface area contributed by atoms with Crippen molar-refractivity contribution in [2.75, 3.05) is 12.4 Å². The number of nitrogens with zero attached hydrogens (tertiary/aromatic N) is 2. The minimum absolute atomic E-state index is 0.0823. The fraction of sp³-hybridized carbons (Fsp3) is 0.158. The summed E-state index contributed by atoms with van der Waals surface area (Å²) in [5, 5.41) is 10.5. The first kappa shape index (κ1) is 18.6. The quantitative estimate of drug-likeness (QED) is 0.722. The zero-order valence-corrected chi connectivity index (χ0v) is 15.5. The van der Waals surface area contributed by atoms with E-state index in [4.69, 9.17) is 11.6 Å². The predicted molar refractivity (Wildman–Crippen MR) is 104 cm³/mol. The molecule has 0 saturated carbocycles. The van der Waals surface area contributed by atoms with Crippen molar-refractivity contribution in [3.8, 4) is 0 Å². The Bertz CT molecular complexity index is 1110. The maximum atomic E-state index is 12.6. The first-order valence-electron chi connectivity index (χ1n) is 8.18. The van der Waals surface area contributed by atoms with E-state index in [1.54, 1.807) is 42.5 Å². The number of hydrogen-bond donors (Lipinski definition) is 2. The summed E-state index contributed by atoms with van der Waals surface area (Å²) < 4.78 is 0.984. The lowest BCUT2D eigenvalue weighted by Crippen LogP contribution is -2.33. The Hall–Kier alpha value is -3.19. The van der Waals surface area contributed by atoms with E-state index in [2.05, 4.69) is 15.7 Å². The monoisotopic (exact) mass is 384 g/mol. The van der Waals surface area contributed by atoms with Crippen LogP contribution in [0.1, 0.15) is 16.1 Å². The van der Waals surface area contributed by atoms with Crippen LogP contribution >= 0.6 is 11.6 Å². The summed E-state index contributed by atoms with van der Waals surface area (Å²) in [5.74, 6) is -0.895. The highest BCUT2D eigenvalue weighted by molar-refractivity contribution is 6.31. The largest absolute Gasteiger partial charge is 0.354 e. The van der Waals surface area contributed by atoms with Crippen LogP contribution in [-0.4, -0.2) is 28.6 Å². The highest BCUT2D eigenvalue weighted by Gasteiger charge is 2.17. The van der Waals surface area contributed by atoms with Crippen molar-refractivity contribution in [2.24, 2.45) is 0 Å². The van der Waals surface area contributed by atoms with Gasteiger partial charge in [-0.15, -0.1) is 0 Å². The summed E-state index contributed by atoms with van der Waals surface area (Å²) in [7, 11) is 1.47. The van der Waals surface area contributed by atoms with Crippen molar-refractivity contribution in [2.45, 2.75) is 13.5 Å². The molecule has 2 aromatic carbocycles. The number of halogens is 1. The average molecular weight is 385 g/mol. The molecule has 0 radical (unpaired) electrons. The molecule has 1 heterocycles. The second kappa shape index (κ2) is 7.59. The molecule has 8 heteroatoms. The number of carbonyl (C=O) groups excluding carboxylic acids is 2. The molecule has 0 spiro atoms. The fourth-order valence-corrected chi connectivity index (χ4v) is 2.82. The summed E-state index contributed by atoms with van der Waals surface area (Å²) in [6.45, 7) is 1.52. The number of carbonyl (C=O) groups is 2. The topological polar surface area (TPSA) is 93.1 Å². The molecule has 7 nitrogen and oxygen atoms in total. The number of fused-ring (bicyclic) bond motifs is 1. The number of rotatable bonds is 4. The van der Waals surface area contributed by atoms with E-state index in [1.807, 2.05) is 6.92 Å². The molecule has 0 fully saturated rings. The molecular weight excluding hydrogens is 368 g/mol. The third-order valence-corrected chi connectivity index (χ3v) is 4.47. The van der Waals surface area contributed by atoms with Crippen molar-refractivity contribution in [3.63, 3.8) is 0 Å². The van der Waals surface area contributed by atoms with Crippen molar-refractivity contribution < 1.29 is 9.59 Å². The first-order valence-corrected chi connectivity index (χ1v) is 8.56. The summed E-state index contributed by atoms with van der Waals surface area (Å²) in [6.07, 6.45) is 0. The number of hydrogen-bond acceptors (Lipinski definition) is 4. The van der Waals surface area contributed by atoms with E-state index < -0.39 is 17.4 Å². The maximum Gasteiger partial charge on any atom is 0.275 e. The Kier molecular flexibility index (Phi) is 5.23. The number of benzene rings is 2. The van der Waals surface area contributed by atoms with Crippen molar-refractivity contribution in [1.82, 2.24) is 15.1 Å². The minimum Gasteiger partial charge on any atom is -0.354 e. The van der Waals surface area contributed by atoms with Crippen LogP contribution in [0.4, 0.5) is 5.69 Å². The Balaban J connectivity index is 1.95. The second-order valence-corrected chi connectivity index (χ2v) is 6.36. The fourth-order valence-electron chi connectivity index (χ4n) is 2.64. The second-order valence-electron chi connectivity index (χ2n) is 5.95. The Labute approximate surface area is 160 Å². The Morgan fingerprint density at radius 1 is 1.15 bits per heavy atom. The van der Waals surface area contributed by atoms with Gasteiger partial charge in [0.05, 0.1) is 5.39 Å². The Morgan fingerprint density at radius 3 is 2.52 bits per heavy atom. The molecule has 0 atom stereocenters. The lowest BCUT2D eigenvalue weighted by atomic mass is 10.1. The molecule has 1 aromatic heterocycles. The van der Waals surface area contributed by atoms with Crippen LogP contribution in [0.5, 0.6) is 0 Å². The van der Waals surface area contributed by atoms with Crippen molar-refractivity contribution >= 4 is 39.9 Å². The van der Waals surface area contributed by atoms with Crippen molar-refractivity contribution in [3.05, 3.63) is 69.1 Å². The van der Waals surface area contributed by atoms with Gasteiger partial charge in [0.2, 0.25) is 5.91 Å². The summed E-state index contributed by atoms with van der Waals surface area (Å²) in [6, 6.07) is 11.8. The molecule has 0 aliphatic carbocycles. The number of aryl methyl sites for hydroxylation is 1. The zero-order chi connectivity index (χ0) is 19.6. The molecule has 3 aromatic rings. The highest BCUT2D eigenvalue weighted by atomic mass is 35.5. The molecule has 2 amide bonds. The van der Waals surface area contributed by atoms with Crippen molar-refractivity contribution in [1.29, 1.82) is 0 Å². The van der Waals surface area contributed by atoms with E-state index in [-0.39, 0.29) is 12.2 Å². The van der Waals surface area contributed by atoms with Gasteiger partial charge in [-0.3, -0.25) is 14.4 Å². The Morgan fingerprint density at radius 2 is 1.85 bits per heavy atom. The van der Waals surface area contributed by atoms with E-state index >= 15 is 0 Å². The van der Waals surface area contributed by atoms with Gasteiger partial charge in [-0.2, -0.15) is 5.10 Å². The third kappa shape index (κ3) is 3.83. The predicted octanol–water partition coefficient (Wildman–Crippen LogP) is 2.36. The van der Waals surface area contributed by atoms with E-state index in [1.165, 1.54) is 7.05 Å². The lowest BCUT2D eigenvalue weighted by molar-refractivity contribution is -0.117. The normalized spacial score (nSPS) is 10.6. The van der Waals surface area contributed by atoms with Gasteiger partial charge in [-0.1, -0.05) is 35.9 Å². The third-order valence-electron chi connectivity index (χ3n) is 4.06. The van der Waals surface area contributed by atoms with Gasteiger partial charge in [-0.05, 0) is 30.7 Å². The van der Waals surface area contributed by atoms with Gasteiger partial charge < -0.3 is 10.6 Å². The maximum absolute atomic E-state index is 12.6. The highest BCUT2D eigenvalue weighted by Crippen LogP contribution is 2.20. The molecule has 0 unspecified atom stereocenters. The van der Waals surface area contributed by atoms with Crippen LogP contribution in [0, 0.1) is 6.92 Å². The minimum atomic E-state index is -0.456. The molecular formula is C19H17ClN4O3. The van der Waals surface area contributed by atoms with Gasteiger partial charge in [0, 0.05) is 23.1 Å². The van der Waals surface area contributed by atoms with Crippen LogP contribution in [0.3, 0.4) is 0 Å². The van der Waals surface area contributed by atoms with E-state index in [0.29, 0.717) is 21.5 Å². The summed E-state index contributed by atoms with van der Waals surface area (Å²) >= 11 is 6.06. The lowest BCUT2D eigenvalue weighted by Gasteiger charge is -2.11. The molecule has 2 N–H and O–H groups in total. The standard InChI is InChI=1S/C19H17ClN4O3/c1-11-7-8-12(9-15(11)20)22-16(25)10-24-19(27)14-6-4-3-5-13(14)17(23-24)18(26)21-2/h3-9H,10H2,1-2H3,(H,21,26)(H,22,25). The number of anilines is 1. The van der Waals surface area contributed by atoms with Crippen LogP contribution in [-0.2, 0) is 11.3 Å². The molecule has 3 rings (SSSR count). The van der Waals surface area contributed by atoms with Gasteiger partial charge in [0.15, 0.2) is 5.69 Å². The van der Waals surface area contributed by atoms with Crippen LogP contribution < -0.4 is 16.2 Å². The van der Waals surface area contributed by atoms with Gasteiger partial charge >= 0.3 is 0 Å². The van der Waals surface area contributed by atoms with E-state index in [0.717, 1.165) is 10.2 Å².